The Morgan fingerprint density at radius 2 is 1.71 bits per heavy atom. The van der Waals surface area contributed by atoms with Crippen LogP contribution in [0.3, 0.4) is 0 Å². The maximum atomic E-state index is 13.3. The molecular formula is C28H30N4O3. The van der Waals surface area contributed by atoms with E-state index in [0.717, 1.165) is 44.1 Å². The van der Waals surface area contributed by atoms with Crippen molar-refractivity contribution in [2.45, 2.75) is 76.0 Å². The van der Waals surface area contributed by atoms with Crippen LogP contribution in [0.1, 0.15) is 72.7 Å². The second kappa shape index (κ2) is 8.95. The molecule has 1 N–H and O–H groups in total. The standard InChI is InChI=1S/C28H30N4O3/c33-26(16-15-25-30-24-4-2-1-3-23(24)28(35)32(25)22-13-14-22)31(21-11-12-21)17-18-5-7-19(8-6-18)27(34)29-20-9-10-20/h1-8,20-22H,9-17H2,(H,29,34). The highest BCUT2D eigenvalue weighted by Gasteiger charge is 2.33. The lowest BCUT2D eigenvalue weighted by Crippen LogP contribution is -2.33. The zero-order chi connectivity index (χ0) is 23.9. The number of nitrogens with zero attached hydrogens (tertiary/aromatic N) is 3. The maximum Gasteiger partial charge on any atom is 0.261 e. The molecule has 3 aromatic rings. The minimum atomic E-state index is -0.0289. The van der Waals surface area contributed by atoms with Crippen molar-refractivity contribution >= 4 is 22.7 Å². The lowest BCUT2D eigenvalue weighted by molar-refractivity contribution is -0.132. The molecule has 0 saturated heterocycles. The number of benzene rings is 2. The maximum absolute atomic E-state index is 13.3. The van der Waals surface area contributed by atoms with Crippen molar-refractivity contribution in [3.63, 3.8) is 0 Å². The SMILES string of the molecule is O=C(NC1CC1)c1ccc(CN(C(=O)CCc2nc3ccccc3c(=O)n2C2CC2)C2CC2)cc1. The molecule has 180 valence electrons. The molecule has 35 heavy (non-hydrogen) atoms. The number of rotatable bonds is 9. The normalized spacial score (nSPS) is 17.4. The van der Waals surface area contributed by atoms with Crippen molar-refractivity contribution in [3.8, 4) is 0 Å². The molecule has 3 saturated carbocycles. The van der Waals surface area contributed by atoms with Crippen LogP contribution in [0.2, 0.25) is 0 Å². The highest BCUT2D eigenvalue weighted by atomic mass is 16.2. The topological polar surface area (TPSA) is 84.3 Å². The molecule has 3 aliphatic carbocycles. The number of hydrogen-bond donors (Lipinski definition) is 1. The van der Waals surface area contributed by atoms with E-state index < -0.39 is 0 Å². The van der Waals surface area contributed by atoms with Gasteiger partial charge in [0.05, 0.1) is 10.9 Å². The van der Waals surface area contributed by atoms with E-state index in [0.29, 0.717) is 47.7 Å². The van der Waals surface area contributed by atoms with Crippen molar-refractivity contribution < 1.29 is 9.59 Å². The summed E-state index contributed by atoms with van der Waals surface area (Å²) in [5.41, 5.74) is 2.38. The summed E-state index contributed by atoms with van der Waals surface area (Å²) in [5, 5.41) is 3.65. The predicted molar refractivity (Wildman–Crippen MR) is 133 cm³/mol. The van der Waals surface area contributed by atoms with Gasteiger partial charge >= 0.3 is 0 Å². The van der Waals surface area contributed by atoms with Gasteiger partial charge in [0.25, 0.3) is 11.5 Å². The Balaban J connectivity index is 1.15. The van der Waals surface area contributed by atoms with Crippen molar-refractivity contribution in [2.75, 3.05) is 0 Å². The third-order valence-electron chi connectivity index (χ3n) is 7.14. The summed E-state index contributed by atoms with van der Waals surface area (Å²) >= 11 is 0. The van der Waals surface area contributed by atoms with Gasteiger partial charge in [-0.3, -0.25) is 19.0 Å². The second-order valence-corrected chi connectivity index (χ2v) is 10.1. The number of carbonyl (C=O) groups excluding carboxylic acids is 2. The Labute approximate surface area is 204 Å². The minimum absolute atomic E-state index is 0.00501. The molecule has 0 spiro atoms. The molecule has 1 heterocycles. The summed E-state index contributed by atoms with van der Waals surface area (Å²) in [7, 11) is 0. The van der Waals surface area contributed by atoms with Crippen LogP contribution in [0.15, 0.2) is 53.3 Å². The van der Waals surface area contributed by atoms with Crippen LogP contribution < -0.4 is 10.9 Å². The van der Waals surface area contributed by atoms with E-state index in [4.69, 9.17) is 4.98 Å². The van der Waals surface area contributed by atoms with Gasteiger partial charge in [0.2, 0.25) is 5.91 Å². The molecule has 1 aromatic heterocycles. The molecule has 6 rings (SSSR count). The summed E-state index contributed by atoms with van der Waals surface area (Å²) in [6.07, 6.45) is 6.94. The number of hydrogen-bond acceptors (Lipinski definition) is 4. The van der Waals surface area contributed by atoms with Crippen LogP contribution in [0.4, 0.5) is 0 Å². The Kier molecular flexibility index (Phi) is 5.63. The predicted octanol–water partition coefficient (Wildman–Crippen LogP) is 3.75. The Morgan fingerprint density at radius 3 is 2.40 bits per heavy atom. The molecule has 7 nitrogen and oxygen atoms in total. The molecule has 0 atom stereocenters. The number of aromatic nitrogens is 2. The van der Waals surface area contributed by atoms with Crippen LogP contribution in [-0.2, 0) is 17.8 Å². The number of fused-ring (bicyclic) bond motifs is 1. The molecule has 0 radical (unpaired) electrons. The minimum Gasteiger partial charge on any atom is -0.349 e. The van der Waals surface area contributed by atoms with Crippen molar-refractivity contribution in [1.29, 1.82) is 0 Å². The third-order valence-corrected chi connectivity index (χ3v) is 7.14. The summed E-state index contributed by atoms with van der Waals surface area (Å²) in [6, 6.07) is 15.8. The van der Waals surface area contributed by atoms with E-state index in [2.05, 4.69) is 5.32 Å². The monoisotopic (exact) mass is 470 g/mol. The Hall–Kier alpha value is -3.48. The molecule has 2 aromatic carbocycles. The fraction of sp³-hybridized carbons (Fsp3) is 0.429. The van der Waals surface area contributed by atoms with Gasteiger partial charge in [0.15, 0.2) is 0 Å². The number of aryl methyl sites for hydroxylation is 1. The van der Waals surface area contributed by atoms with Gasteiger partial charge in [-0.15, -0.1) is 0 Å². The zero-order valence-corrected chi connectivity index (χ0v) is 19.8. The van der Waals surface area contributed by atoms with E-state index in [9.17, 15) is 14.4 Å². The van der Waals surface area contributed by atoms with Crippen LogP contribution in [0, 0.1) is 0 Å². The van der Waals surface area contributed by atoms with E-state index in [-0.39, 0.29) is 29.5 Å². The first-order valence-corrected chi connectivity index (χ1v) is 12.8. The lowest BCUT2D eigenvalue weighted by Gasteiger charge is -2.23. The lowest BCUT2D eigenvalue weighted by atomic mass is 10.1. The second-order valence-electron chi connectivity index (χ2n) is 10.1. The molecule has 3 aliphatic rings. The van der Waals surface area contributed by atoms with Crippen molar-refractivity contribution in [1.82, 2.24) is 19.8 Å². The quantitative estimate of drug-likeness (QED) is 0.516. The van der Waals surface area contributed by atoms with Gasteiger partial charge in [0.1, 0.15) is 5.82 Å². The molecule has 0 bridgehead atoms. The van der Waals surface area contributed by atoms with Crippen LogP contribution in [0.5, 0.6) is 0 Å². The fourth-order valence-corrected chi connectivity index (χ4v) is 4.70. The van der Waals surface area contributed by atoms with Gasteiger partial charge < -0.3 is 10.2 Å². The summed E-state index contributed by atoms with van der Waals surface area (Å²) in [4.78, 5) is 45.4. The number of nitrogens with one attached hydrogen (secondary N) is 1. The summed E-state index contributed by atoms with van der Waals surface area (Å²) in [5.74, 6) is 0.776. The Bertz CT molecular complexity index is 1330. The van der Waals surface area contributed by atoms with Crippen LogP contribution in [0.25, 0.3) is 10.9 Å². The first-order valence-electron chi connectivity index (χ1n) is 12.8. The van der Waals surface area contributed by atoms with Crippen LogP contribution >= 0.6 is 0 Å². The number of carbonyl (C=O) groups is 2. The largest absolute Gasteiger partial charge is 0.349 e. The number of para-hydroxylation sites is 1. The Morgan fingerprint density at radius 1 is 0.971 bits per heavy atom. The van der Waals surface area contributed by atoms with Gasteiger partial charge in [-0.2, -0.15) is 0 Å². The third kappa shape index (κ3) is 4.85. The molecule has 7 heteroatoms. The molecule has 2 amide bonds. The zero-order valence-electron chi connectivity index (χ0n) is 19.8. The highest BCUT2D eigenvalue weighted by Crippen LogP contribution is 2.35. The highest BCUT2D eigenvalue weighted by molar-refractivity contribution is 5.94. The van der Waals surface area contributed by atoms with E-state index in [1.165, 1.54) is 0 Å². The van der Waals surface area contributed by atoms with Crippen molar-refractivity contribution in [3.05, 3.63) is 75.8 Å². The average Bonchev–Trinajstić information content (AvgIpc) is 3.70. The van der Waals surface area contributed by atoms with Gasteiger partial charge in [-0.25, -0.2) is 4.98 Å². The summed E-state index contributed by atoms with van der Waals surface area (Å²) in [6.45, 7) is 0.536. The smallest absolute Gasteiger partial charge is 0.261 e. The molecule has 3 fully saturated rings. The van der Waals surface area contributed by atoms with Crippen molar-refractivity contribution in [2.24, 2.45) is 0 Å². The fourth-order valence-electron chi connectivity index (χ4n) is 4.70. The van der Waals surface area contributed by atoms with Crippen LogP contribution in [-0.4, -0.2) is 38.3 Å². The average molecular weight is 471 g/mol. The first-order chi connectivity index (χ1) is 17.1. The van der Waals surface area contributed by atoms with Gasteiger partial charge in [-0.1, -0.05) is 24.3 Å². The van der Waals surface area contributed by atoms with E-state index in [1.54, 1.807) is 0 Å². The van der Waals surface area contributed by atoms with E-state index in [1.807, 2.05) is 58.0 Å². The van der Waals surface area contributed by atoms with Gasteiger partial charge in [0, 0.05) is 43.1 Å². The summed E-state index contributed by atoms with van der Waals surface area (Å²) < 4.78 is 1.82. The molecule has 0 aliphatic heterocycles. The number of amides is 2. The molecule has 0 unspecified atom stereocenters. The first kappa shape index (κ1) is 22.0. The van der Waals surface area contributed by atoms with E-state index >= 15 is 0 Å². The molecular weight excluding hydrogens is 440 g/mol. The van der Waals surface area contributed by atoms with Gasteiger partial charge in [-0.05, 0) is 68.4 Å².